The highest BCUT2D eigenvalue weighted by molar-refractivity contribution is 5.85. The summed E-state index contributed by atoms with van der Waals surface area (Å²) in [5.74, 6) is 0.756. The van der Waals surface area contributed by atoms with Crippen LogP contribution in [0.2, 0.25) is 0 Å². The zero-order valence-electron chi connectivity index (χ0n) is 11.1. The molecule has 0 bridgehead atoms. The van der Waals surface area contributed by atoms with Crippen molar-refractivity contribution >= 4 is 18.3 Å². The maximum atomic E-state index is 11.9. The number of hydrogen-bond acceptors (Lipinski definition) is 3. The summed E-state index contributed by atoms with van der Waals surface area (Å²) in [6.07, 6.45) is 0.511. The van der Waals surface area contributed by atoms with E-state index in [1.165, 1.54) is 0 Å². The molecule has 102 valence electrons. The Balaban J connectivity index is 0.00000256. The third-order valence-electron chi connectivity index (χ3n) is 2.73. The molecule has 1 rings (SSSR count). The Kier molecular flexibility index (Phi) is 8.56. The van der Waals surface area contributed by atoms with Crippen LogP contribution in [-0.4, -0.2) is 49.7 Å². The predicted molar refractivity (Wildman–Crippen MR) is 71.6 cm³/mol. The number of nitrogens with one attached hydrogen (secondary N) is 1. The molecule has 4 nitrogen and oxygen atoms in total. The first kappa shape index (κ1) is 16.7. The quantitative estimate of drug-likeness (QED) is 0.761. The summed E-state index contributed by atoms with van der Waals surface area (Å²) in [4.78, 5) is 13.8. The normalized spacial score (nSPS) is 20.2. The van der Waals surface area contributed by atoms with E-state index < -0.39 is 0 Å². The van der Waals surface area contributed by atoms with E-state index in [0.29, 0.717) is 25.0 Å². The van der Waals surface area contributed by atoms with E-state index in [9.17, 15) is 4.79 Å². The highest BCUT2D eigenvalue weighted by Crippen LogP contribution is 2.05. The lowest BCUT2D eigenvalue weighted by atomic mass is 10.2. The average molecular weight is 265 g/mol. The van der Waals surface area contributed by atoms with Crippen molar-refractivity contribution in [2.45, 2.75) is 33.2 Å². The number of piperazine rings is 1. The molecule has 0 aromatic rings. The number of carbonyl (C=O) groups excluding carboxylic acids is 1. The number of nitrogens with zero attached hydrogens (tertiary/aromatic N) is 1. The number of carbonyl (C=O) groups is 1. The average Bonchev–Trinajstić information content (AvgIpc) is 2.24. The van der Waals surface area contributed by atoms with Crippen LogP contribution in [0.15, 0.2) is 0 Å². The van der Waals surface area contributed by atoms with Crippen LogP contribution >= 0.6 is 12.4 Å². The van der Waals surface area contributed by atoms with Gasteiger partial charge in [-0.3, -0.25) is 4.79 Å². The van der Waals surface area contributed by atoms with Gasteiger partial charge in [-0.25, -0.2) is 0 Å². The Bertz CT molecular complexity index is 225. The minimum atomic E-state index is 0. The van der Waals surface area contributed by atoms with Crippen LogP contribution in [0.25, 0.3) is 0 Å². The molecule has 1 N–H and O–H groups in total. The fraction of sp³-hybridized carbons (Fsp3) is 0.917. The van der Waals surface area contributed by atoms with Gasteiger partial charge in [0.05, 0.1) is 13.0 Å². The Labute approximate surface area is 110 Å². The minimum absolute atomic E-state index is 0. The largest absolute Gasteiger partial charge is 0.381 e. The van der Waals surface area contributed by atoms with Crippen LogP contribution < -0.4 is 5.32 Å². The number of rotatable bonds is 5. The molecule has 0 aromatic carbocycles. The van der Waals surface area contributed by atoms with Crippen LogP contribution in [-0.2, 0) is 9.53 Å². The SMILES string of the molecule is CC(C)COCCC(=O)N1CCNC[C@@H]1C.Cl. The van der Waals surface area contributed by atoms with E-state index in [1.54, 1.807) is 0 Å². The lowest BCUT2D eigenvalue weighted by Crippen LogP contribution is -2.52. The molecular weight excluding hydrogens is 240 g/mol. The topological polar surface area (TPSA) is 41.6 Å². The Morgan fingerprint density at radius 1 is 1.53 bits per heavy atom. The molecule has 5 heteroatoms. The van der Waals surface area contributed by atoms with Crippen molar-refractivity contribution in [1.29, 1.82) is 0 Å². The van der Waals surface area contributed by atoms with E-state index in [4.69, 9.17) is 4.74 Å². The monoisotopic (exact) mass is 264 g/mol. The maximum Gasteiger partial charge on any atom is 0.225 e. The van der Waals surface area contributed by atoms with E-state index >= 15 is 0 Å². The molecule has 0 radical (unpaired) electrons. The van der Waals surface area contributed by atoms with Crippen LogP contribution in [0, 0.1) is 5.92 Å². The number of hydrogen-bond donors (Lipinski definition) is 1. The van der Waals surface area contributed by atoms with E-state index in [1.807, 2.05) is 4.90 Å². The molecule has 1 aliphatic rings. The summed E-state index contributed by atoms with van der Waals surface area (Å²) in [5, 5.41) is 3.28. The van der Waals surface area contributed by atoms with Gasteiger partial charge in [0.2, 0.25) is 5.91 Å². The molecule has 1 heterocycles. The van der Waals surface area contributed by atoms with Crippen molar-refractivity contribution < 1.29 is 9.53 Å². The van der Waals surface area contributed by atoms with Gasteiger partial charge in [-0.1, -0.05) is 13.8 Å². The summed E-state index contributed by atoms with van der Waals surface area (Å²) in [5.41, 5.74) is 0. The van der Waals surface area contributed by atoms with Gasteiger partial charge >= 0.3 is 0 Å². The first-order valence-corrected chi connectivity index (χ1v) is 6.19. The molecule has 1 fully saturated rings. The third-order valence-corrected chi connectivity index (χ3v) is 2.73. The van der Waals surface area contributed by atoms with Crippen molar-refractivity contribution in [3.05, 3.63) is 0 Å². The highest BCUT2D eigenvalue weighted by Gasteiger charge is 2.22. The smallest absolute Gasteiger partial charge is 0.225 e. The van der Waals surface area contributed by atoms with Gasteiger partial charge in [0.25, 0.3) is 0 Å². The van der Waals surface area contributed by atoms with Gasteiger partial charge in [0.1, 0.15) is 0 Å². The molecule has 0 saturated carbocycles. The molecule has 1 atom stereocenters. The van der Waals surface area contributed by atoms with Crippen molar-refractivity contribution in [2.75, 3.05) is 32.8 Å². The Morgan fingerprint density at radius 3 is 2.82 bits per heavy atom. The van der Waals surface area contributed by atoms with Crippen LogP contribution in [0.1, 0.15) is 27.2 Å². The van der Waals surface area contributed by atoms with Gasteiger partial charge < -0.3 is 15.0 Å². The molecule has 0 aliphatic carbocycles. The van der Waals surface area contributed by atoms with Gasteiger partial charge in [-0.05, 0) is 12.8 Å². The van der Waals surface area contributed by atoms with E-state index in [2.05, 4.69) is 26.1 Å². The van der Waals surface area contributed by atoms with Crippen molar-refractivity contribution in [3.63, 3.8) is 0 Å². The Hall–Kier alpha value is -0.320. The second-order valence-corrected chi connectivity index (χ2v) is 4.86. The van der Waals surface area contributed by atoms with Crippen molar-refractivity contribution in [3.8, 4) is 0 Å². The molecule has 1 aliphatic heterocycles. The van der Waals surface area contributed by atoms with Crippen LogP contribution in [0.3, 0.4) is 0 Å². The molecule has 0 aromatic heterocycles. The van der Waals surface area contributed by atoms with E-state index in [-0.39, 0.29) is 18.3 Å². The molecule has 0 unspecified atom stereocenters. The predicted octanol–water partition coefficient (Wildman–Crippen LogP) is 1.29. The highest BCUT2D eigenvalue weighted by atomic mass is 35.5. The second-order valence-electron chi connectivity index (χ2n) is 4.86. The fourth-order valence-electron chi connectivity index (χ4n) is 1.83. The summed E-state index contributed by atoms with van der Waals surface area (Å²) < 4.78 is 5.43. The lowest BCUT2D eigenvalue weighted by Gasteiger charge is -2.34. The van der Waals surface area contributed by atoms with E-state index in [0.717, 1.165) is 26.2 Å². The molecular formula is C12H25ClN2O2. The van der Waals surface area contributed by atoms with Crippen molar-refractivity contribution in [1.82, 2.24) is 10.2 Å². The van der Waals surface area contributed by atoms with Gasteiger partial charge in [-0.2, -0.15) is 0 Å². The summed E-state index contributed by atoms with van der Waals surface area (Å²) >= 11 is 0. The molecule has 1 saturated heterocycles. The molecule has 17 heavy (non-hydrogen) atoms. The number of ether oxygens (including phenoxy) is 1. The van der Waals surface area contributed by atoms with Gasteiger partial charge in [0.15, 0.2) is 0 Å². The summed E-state index contributed by atoms with van der Waals surface area (Å²) in [6, 6.07) is 0.311. The first-order valence-electron chi connectivity index (χ1n) is 6.19. The molecule has 1 amide bonds. The first-order chi connectivity index (χ1) is 7.61. The number of amides is 1. The second kappa shape index (κ2) is 8.72. The summed E-state index contributed by atoms with van der Waals surface area (Å²) in [6.45, 7) is 10.2. The van der Waals surface area contributed by atoms with Crippen LogP contribution in [0.5, 0.6) is 0 Å². The lowest BCUT2D eigenvalue weighted by molar-refractivity contribution is -0.135. The fourth-order valence-corrected chi connectivity index (χ4v) is 1.83. The number of halogens is 1. The van der Waals surface area contributed by atoms with Crippen LogP contribution in [0.4, 0.5) is 0 Å². The minimum Gasteiger partial charge on any atom is -0.381 e. The maximum absolute atomic E-state index is 11.9. The third kappa shape index (κ3) is 6.24. The summed E-state index contributed by atoms with van der Waals surface area (Å²) in [7, 11) is 0. The Morgan fingerprint density at radius 2 is 2.24 bits per heavy atom. The molecule has 0 spiro atoms. The zero-order valence-corrected chi connectivity index (χ0v) is 11.9. The van der Waals surface area contributed by atoms with Gasteiger partial charge in [0, 0.05) is 32.3 Å². The zero-order chi connectivity index (χ0) is 12.0. The standard InChI is InChI=1S/C12H24N2O2.ClH/c1-10(2)9-16-7-4-12(15)14-6-5-13-8-11(14)3;/h10-11,13H,4-9H2,1-3H3;1H/t11-;/m0./s1. The van der Waals surface area contributed by atoms with Gasteiger partial charge in [-0.15, -0.1) is 12.4 Å². The van der Waals surface area contributed by atoms with Crippen molar-refractivity contribution in [2.24, 2.45) is 5.92 Å².